The van der Waals surface area contributed by atoms with Crippen molar-refractivity contribution in [1.29, 1.82) is 0 Å². The summed E-state index contributed by atoms with van der Waals surface area (Å²) in [5.74, 6) is 0.320. The maximum atomic E-state index is 14.8. The molecular weight excluding hydrogens is 423 g/mol. The topological polar surface area (TPSA) is 104 Å². The molecule has 2 N–H and O–H groups in total. The normalized spacial score (nSPS) is 31.2. The van der Waals surface area contributed by atoms with Gasteiger partial charge in [-0.2, -0.15) is 9.29 Å². The predicted octanol–water partition coefficient (Wildman–Crippen LogP) is 0.985. The molecule has 11 heteroatoms. The summed E-state index contributed by atoms with van der Waals surface area (Å²) in [6.45, 7) is 1.67. The summed E-state index contributed by atoms with van der Waals surface area (Å²) in [6.07, 6.45) is 4.33. The van der Waals surface area contributed by atoms with E-state index in [9.17, 15) is 17.9 Å². The summed E-state index contributed by atoms with van der Waals surface area (Å²) in [7, 11) is -1.37. The molecule has 4 atom stereocenters. The Balaban J connectivity index is 1.31. The van der Waals surface area contributed by atoms with Crippen LogP contribution in [0.3, 0.4) is 0 Å². The first kappa shape index (κ1) is 21.0. The number of aliphatic hydroxyl groups is 1. The smallest absolute Gasteiger partial charge is 0.224 e. The maximum absolute atomic E-state index is 14.8. The number of fused-ring (bicyclic) bond motifs is 1. The summed E-state index contributed by atoms with van der Waals surface area (Å²) in [6, 6.07) is 1.31. The Kier molecular flexibility index (Phi) is 5.40. The van der Waals surface area contributed by atoms with Crippen molar-refractivity contribution in [2.45, 2.75) is 55.3 Å². The van der Waals surface area contributed by atoms with Gasteiger partial charge in [0, 0.05) is 44.0 Å². The van der Waals surface area contributed by atoms with Gasteiger partial charge in [-0.1, -0.05) is 0 Å². The number of hydrogen-bond acceptors (Lipinski definition) is 7. The largest absolute Gasteiger partial charge is 0.390 e. The molecule has 1 saturated carbocycles. The zero-order valence-electron chi connectivity index (χ0n) is 17.6. The van der Waals surface area contributed by atoms with E-state index in [0.717, 1.165) is 18.4 Å². The fourth-order valence-electron chi connectivity index (χ4n) is 4.69. The molecule has 0 spiro atoms. The molecule has 0 bridgehead atoms. The zero-order chi connectivity index (χ0) is 21.8. The van der Waals surface area contributed by atoms with Crippen molar-refractivity contribution in [2.75, 3.05) is 38.5 Å². The standard InChI is InChI=1S/C20H29FN6O3S/c1-25-7-6-17(18(28)12-25)27-9-4-13-10-22-20(24-19(13)27)23-16-5-8-26(11-15(16)21)31(29,30)14-2-3-14/h4,9-10,14-18,28H,2-3,5-8,11-12H2,1H3,(H,22,23,24)/t15-,16-,17+,18-/m1/s1. The summed E-state index contributed by atoms with van der Waals surface area (Å²) in [4.78, 5) is 11.0. The minimum Gasteiger partial charge on any atom is -0.390 e. The Hall–Kier alpha value is -1.82. The summed E-state index contributed by atoms with van der Waals surface area (Å²) >= 11 is 0. The number of aliphatic hydroxyl groups excluding tert-OH is 1. The molecule has 9 nitrogen and oxygen atoms in total. The first-order valence-electron chi connectivity index (χ1n) is 10.9. The lowest BCUT2D eigenvalue weighted by atomic mass is 10.0. The molecule has 2 aromatic heterocycles. The molecule has 3 fully saturated rings. The SMILES string of the molecule is CN1CC[C@H](n2ccc3cnc(N[C@@H]4CCN(S(=O)(=O)C5CC5)C[C@H]4F)nc32)[C@H](O)C1. The van der Waals surface area contributed by atoms with Crippen LogP contribution >= 0.6 is 0 Å². The van der Waals surface area contributed by atoms with Crippen LogP contribution in [0.1, 0.15) is 31.7 Å². The van der Waals surface area contributed by atoms with Gasteiger partial charge in [0.15, 0.2) is 0 Å². The van der Waals surface area contributed by atoms with E-state index in [4.69, 9.17) is 0 Å². The second-order valence-electron chi connectivity index (χ2n) is 9.04. The minimum atomic E-state index is -3.36. The number of likely N-dealkylation sites (tertiary alicyclic amines) is 1. The second-order valence-corrected chi connectivity index (χ2v) is 11.3. The number of hydrogen-bond donors (Lipinski definition) is 2. The monoisotopic (exact) mass is 452 g/mol. The van der Waals surface area contributed by atoms with E-state index in [1.165, 1.54) is 4.31 Å². The highest BCUT2D eigenvalue weighted by atomic mass is 32.2. The van der Waals surface area contributed by atoms with Crippen molar-refractivity contribution in [2.24, 2.45) is 0 Å². The molecule has 31 heavy (non-hydrogen) atoms. The lowest BCUT2D eigenvalue weighted by Crippen LogP contribution is -2.50. The van der Waals surface area contributed by atoms with Gasteiger partial charge in [-0.15, -0.1) is 0 Å². The molecule has 4 heterocycles. The van der Waals surface area contributed by atoms with Gasteiger partial charge in [-0.3, -0.25) is 0 Å². The number of likely N-dealkylation sites (N-methyl/N-ethyl adjacent to an activating group) is 1. The van der Waals surface area contributed by atoms with E-state index in [1.54, 1.807) is 6.20 Å². The van der Waals surface area contributed by atoms with Gasteiger partial charge in [0.2, 0.25) is 16.0 Å². The molecule has 2 aliphatic heterocycles. The number of sulfonamides is 1. The van der Waals surface area contributed by atoms with Crippen LogP contribution in [0.5, 0.6) is 0 Å². The number of piperidine rings is 2. The zero-order valence-corrected chi connectivity index (χ0v) is 18.4. The highest BCUT2D eigenvalue weighted by Crippen LogP contribution is 2.33. The van der Waals surface area contributed by atoms with Crippen molar-refractivity contribution < 1.29 is 17.9 Å². The average molecular weight is 453 g/mol. The summed E-state index contributed by atoms with van der Waals surface area (Å²) < 4.78 is 42.9. The quantitative estimate of drug-likeness (QED) is 0.697. The minimum absolute atomic E-state index is 0.0683. The van der Waals surface area contributed by atoms with Crippen LogP contribution in [0.15, 0.2) is 18.5 Å². The molecule has 0 unspecified atom stereocenters. The van der Waals surface area contributed by atoms with Crippen molar-refractivity contribution in [1.82, 2.24) is 23.7 Å². The van der Waals surface area contributed by atoms with Gasteiger partial charge in [-0.05, 0) is 38.8 Å². The van der Waals surface area contributed by atoms with Crippen LogP contribution in [-0.4, -0.2) is 94.1 Å². The highest BCUT2D eigenvalue weighted by Gasteiger charge is 2.43. The molecule has 170 valence electrons. The highest BCUT2D eigenvalue weighted by molar-refractivity contribution is 7.90. The molecule has 2 saturated heterocycles. The van der Waals surface area contributed by atoms with Gasteiger partial charge >= 0.3 is 0 Å². The number of nitrogens with zero attached hydrogens (tertiary/aromatic N) is 5. The van der Waals surface area contributed by atoms with E-state index in [-0.39, 0.29) is 17.8 Å². The van der Waals surface area contributed by atoms with Crippen LogP contribution in [0.25, 0.3) is 11.0 Å². The Morgan fingerprint density at radius 3 is 2.71 bits per heavy atom. The third kappa shape index (κ3) is 4.04. The van der Waals surface area contributed by atoms with Crippen molar-refractivity contribution in [3.05, 3.63) is 18.5 Å². The summed E-state index contributed by atoms with van der Waals surface area (Å²) in [5, 5.41) is 14.2. The molecule has 0 amide bonds. The van der Waals surface area contributed by atoms with E-state index in [1.807, 2.05) is 23.9 Å². The summed E-state index contributed by atoms with van der Waals surface area (Å²) in [5.41, 5.74) is 0.704. The molecule has 1 aliphatic carbocycles. The van der Waals surface area contributed by atoms with Crippen molar-refractivity contribution >= 4 is 27.0 Å². The fourth-order valence-corrected chi connectivity index (χ4v) is 6.55. The predicted molar refractivity (Wildman–Crippen MR) is 115 cm³/mol. The van der Waals surface area contributed by atoms with Gasteiger partial charge < -0.3 is 19.9 Å². The Labute approximate surface area is 181 Å². The number of alkyl halides is 1. The van der Waals surface area contributed by atoms with Crippen molar-refractivity contribution in [3.8, 4) is 0 Å². The molecule has 0 radical (unpaired) electrons. The van der Waals surface area contributed by atoms with E-state index < -0.39 is 28.3 Å². The van der Waals surface area contributed by atoms with Crippen molar-refractivity contribution in [3.63, 3.8) is 0 Å². The van der Waals surface area contributed by atoms with E-state index in [0.29, 0.717) is 43.9 Å². The number of anilines is 1. The maximum Gasteiger partial charge on any atom is 0.224 e. The van der Waals surface area contributed by atoms with Gasteiger partial charge in [0.25, 0.3) is 0 Å². The number of aromatic nitrogens is 3. The Morgan fingerprint density at radius 1 is 1.19 bits per heavy atom. The number of halogens is 1. The number of rotatable bonds is 5. The van der Waals surface area contributed by atoms with Crippen LogP contribution in [0, 0.1) is 0 Å². The molecule has 2 aromatic rings. The molecule has 5 rings (SSSR count). The average Bonchev–Trinajstić information content (AvgIpc) is 3.51. The van der Waals surface area contributed by atoms with Gasteiger partial charge in [0.05, 0.1) is 23.4 Å². The van der Waals surface area contributed by atoms with Gasteiger partial charge in [-0.25, -0.2) is 17.8 Å². The lowest BCUT2D eigenvalue weighted by Gasteiger charge is -2.35. The third-order valence-corrected chi connectivity index (χ3v) is 9.05. The van der Waals surface area contributed by atoms with E-state index >= 15 is 0 Å². The third-order valence-electron chi connectivity index (χ3n) is 6.69. The van der Waals surface area contributed by atoms with E-state index in [2.05, 4.69) is 20.2 Å². The van der Waals surface area contributed by atoms with Crippen LogP contribution < -0.4 is 5.32 Å². The van der Waals surface area contributed by atoms with Crippen LogP contribution in [0.4, 0.5) is 10.3 Å². The fraction of sp³-hybridized carbons (Fsp3) is 0.700. The molecular formula is C20H29FN6O3S. The Bertz CT molecular complexity index is 1060. The number of nitrogens with one attached hydrogen (secondary N) is 1. The first-order valence-corrected chi connectivity index (χ1v) is 12.4. The van der Waals surface area contributed by atoms with Crippen LogP contribution in [-0.2, 0) is 10.0 Å². The molecule has 0 aromatic carbocycles. The Morgan fingerprint density at radius 2 is 2.00 bits per heavy atom. The first-order chi connectivity index (χ1) is 14.8. The number of β-amino-alcohol motifs (C(OH)–C–C–N with tert-alkyl or cyclic N) is 1. The molecule has 3 aliphatic rings. The second kappa shape index (κ2) is 7.95. The van der Waals surface area contributed by atoms with Crippen LogP contribution in [0.2, 0.25) is 0 Å². The van der Waals surface area contributed by atoms with Gasteiger partial charge in [0.1, 0.15) is 11.8 Å². The lowest BCUT2D eigenvalue weighted by molar-refractivity contribution is 0.0395.